The van der Waals surface area contributed by atoms with E-state index in [-0.39, 0.29) is 24.9 Å². The molecule has 2 aromatic rings. The highest BCUT2D eigenvalue weighted by molar-refractivity contribution is 5.94. The number of furan rings is 1. The maximum atomic E-state index is 12.4. The van der Waals surface area contributed by atoms with Gasteiger partial charge in [-0.15, -0.1) is 0 Å². The van der Waals surface area contributed by atoms with Crippen molar-refractivity contribution in [3.63, 3.8) is 0 Å². The number of aliphatic carboxylic acids is 1. The third kappa shape index (κ3) is 3.35. The Hall–Kier alpha value is -2.80. The van der Waals surface area contributed by atoms with Crippen LogP contribution in [-0.4, -0.2) is 47.7 Å². The van der Waals surface area contributed by atoms with Crippen LogP contribution in [0.15, 0.2) is 46.9 Å². The van der Waals surface area contributed by atoms with E-state index in [2.05, 4.69) is 0 Å². The Balaban J connectivity index is 1.74. The van der Waals surface area contributed by atoms with E-state index in [0.717, 1.165) is 0 Å². The number of hydrogen-bond donors (Lipinski definition) is 1. The van der Waals surface area contributed by atoms with Crippen LogP contribution in [0.3, 0.4) is 0 Å². The molecule has 1 aromatic heterocycles. The average molecular weight is 317 g/mol. The summed E-state index contributed by atoms with van der Waals surface area (Å²) in [5.74, 6) is -0.826. The largest absolute Gasteiger partial charge is 0.480 e. The molecule has 7 heteroatoms. The lowest BCUT2D eigenvalue weighted by molar-refractivity contribution is -0.147. The summed E-state index contributed by atoms with van der Waals surface area (Å²) >= 11 is 0. The van der Waals surface area contributed by atoms with Gasteiger partial charge in [-0.05, 0) is 18.2 Å². The topological polar surface area (TPSA) is 89.2 Å². The zero-order chi connectivity index (χ0) is 16.2. The van der Waals surface area contributed by atoms with E-state index in [1.165, 1.54) is 17.0 Å². The summed E-state index contributed by atoms with van der Waals surface area (Å²) in [5.41, 5.74) is 0. The number of carboxylic acid groups (broad SMARTS) is 1. The monoisotopic (exact) mass is 317 g/mol. The van der Waals surface area contributed by atoms with Gasteiger partial charge in [-0.3, -0.25) is 4.79 Å². The Morgan fingerprint density at radius 1 is 1.17 bits per heavy atom. The van der Waals surface area contributed by atoms with Gasteiger partial charge in [0.1, 0.15) is 5.75 Å². The molecule has 1 aromatic carbocycles. The van der Waals surface area contributed by atoms with Crippen LogP contribution in [0.25, 0.3) is 0 Å². The van der Waals surface area contributed by atoms with Crippen molar-refractivity contribution in [3.05, 3.63) is 48.2 Å². The smallest absolute Gasteiger partial charge is 0.328 e. The van der Waals surface area contributed by atoms with Crippen molar-refractivity contribution in [2.45, 2.75) is 6.04 Å². The fourth-order valence-corrected chi connectivity index (χ4v) is 2.29. The molecule has 23 heavy (non-hydrogen) atoms. The predicted octanol–water partition coefficient (Wildman–Crippen LogP) is 2.00. The SMILES string of the molecule is O=C(O)C1COCCN1C(=O)c1ccc(Oc2ccccc2)o1. The summed E-state index contributed by atoms with van der Waals surface area (Å²) in [6, 6.07) is 11.0. The number of nitrogens with zero attached hydrogens (tertiary/aromatic N) is 1. The van der Waals surface area contributed by atoms with E-state index in [4.69, 9.17) is 13.9 Å². The average Bonchev–Trinajstić information content (AvgIpc) is 3.03. The highest BCUT2D eigenvalue weighted by atomic mass is 16.6. The summed E-state index contributed by atoms with van der Waals surface area (Å²) < 4.78 is 16.0. The van der Waals surface area contributed by atoms with Gasteiger partial charge in [-0.2, -0.15) is 0 Å². The first kappa shape index (κ1) is 15.1. The summed E-state index contributed by atoms with van der Waals surface area (Å²) in [4.78, 5) is 24.9. The Bertz CT molecular complexity index is 696. The van der Waals surface area contributed by atoms with Crippen LogP contribution < -0.4 is 4.74 Å². The van der Waals surface area contributed by atoms with Crippen molar-refractivity contribution < 1.29 is 28.6 Å². The molecule has 0 aliphatic carbocycles. The minimum Gasteiger partial charge on any atom is -0.480 e. The molecule has 3 rings (SSSR count). The van der Waals surface area contributed by atoms with Crippen LogP contribution in [0.4, 0.5) is 0 Å². The van der Waals surface area contributed by atoms with Gasteiger partial charge < -0.3 is 23.9 Å². The summed E-state index contributed by atoms with van der Waals surface area (Å²) in [6.07, 6.45) is 0. The van der Waals surface area contributed by atoms with Gasteiger partial charge >= 0.3 is 5.97 Å². The molecule has 1 fully saturated rings. The molecule has 0 saturated carbocycles. The minimum absolute atomic E-state index is 0.0316. The van der Waals surface area contributed by atoms with Crippen molar-refractivity contribution in [1.29, 1.82) is 0 Å². The van der Waals surface area contributed by atoms with Gasteiger partial charge in [0.05, 0.1) is 13.2 Å². The van der Waals surface area contributed by atoms with E-state index in [0.29, 0.717) is 12.4 Å². The number of para-hydroxylation sites is 1. The molecule has 0 bridgehead atoms. The Kier molecular flexibility index (Phi) is 4.29. The molecule has 120 valence electrons. The van der Waals surface area contributed by atoms with Crippen LogP contribution >= 0.6 is 0 Å². The fourth-order valence-electron chi connectivity index (χ4n) is 2.29. The third-order valence-corrected chi connectivity index (χ3v) is 3.43. The van der Waals surface area contributed by atoms with Crippen LogP contribution in [0.2, 0.25) is 0 Å². The van der Waals surface area contributed by atoms with Crippen LogP contribution in [0.5, 0.6) is 11.7 Å². The van der Waals surface area contributed by atoms with Crippen molar-refractivity contribution in [1.82, 2.24) is 4.90 Å². The second-order valence-corrected chi connectivity index (χ2v) is 4.96. The summed E-state index contributed by atoms with van der Waals surface area (Å²) in [6.45, 7) is 0.462. The van der Waals surface area contributed by atoms with Crippen LogP contribution in [0.1, 0.15) is 10.6 Å². The molecule has 2 heterocycles. The van der Waals surface area contributed by atoms with E-state index in [1.807, 2.05) is 18.2 Å². The highest BCUT2D eigenvalue weighted by Gasteiger charge is 2.34. The number of morpholine rings is 1. The molecule has 7 nitrogen and oxygen atoms in total. The number of benzene rings is 1. The Morgan fingerprint density at radius 3 is 2.70 bits per heavy atom. The van der Waals surface area contributed by atoms with E-state index in [1.54, 1.807) is 12.1 Å². The van der Waals surface area contributed by atoms with Gasteiger partial charge in [0, 0.05) is 12.6 Å². The molecule has 1 unspecified atom stereocenters. The molecule has 1 aliphatic rings. The molecule has 1 aliphatic heterocycles. The van der Waals surface area contributed by atoms with Crippen molar-refractivity contribution in [2.75, 3.05) is 19.8 Å². The zero-order valence-electron chi connectivity index (χ0n) is 12.2. The van der Waals surface area contributed by atoms with Crippen LogP contribution in [-0.2, 0) is 9.53 Å². The van der Waals surface area contributed by atoms with E-state index >= 15 is 0 Å². The lowest BCUT2D eigenvalue weighted by Crippen LogP contribution is -2.52. The molecule has 1 N–H and O–H groups in total. The maximum Gasteiger partial charge on any atom is 0.328 e. The minimum atomic E-state index is -1.11. The number of carbonyl (C=O) groups is 2. The predicted molar refractivity (Wildman–Crippen MR) is 78.5 cm³/mol. The number of carboxylic acids is 1. The molecular weight excluding hydrogens is 302 g/mol. The summed E-state index contributed by atoms with van der Waals surface area (Å²) in [7, 11) is 0. The summed E-state index contributed by atoms with van der Waals surface area (Å²) in [5, 5.41) is 9.18. The third-order valence-electron chi connectivity index (χ3n) is 3.43. The second kappa shape index (κ2) is 6.53. The van der Waals surface area contributed by atoms with Crippen LogP contribution in [0, 0.1) is 0 Å². The second-order valence-electron chi connectivity index (χ2n) is 4.96. The first-order valence-corrected chi connectivity index (χ1v) is 7.09. The van der Waals surface area contributed by atoms with Gasteiger partial charge in [0.25, 0.3) is 11.9 Å². The molecular formula is C16H15NO6. The number of amides is 1. The van der Waals surface area contributed by atoms with Gasteiger partial charge in [0.2, 0.25) is 0 Å². The number of ether oxygens (including phenoxy) is 2. The fraction of sp³-hybridized carbons (Fsp3) is 0.250. The zero-order valence-corrected chi connectivity index (χ0v) is 12.2. The van der Waals surface area contributed by atoms with Crippen molar-refractivity contribution >= 4 is 11.9 Å². The maximum absolute atomic E-state index is 12.4. The number of hydrogen-bond acceptors (Lipinski definition) is 5. The first-order chi connectivity index (χ1) is 11.1. The van der Waals surface area contributed by atoms with Gasteiger partial charge in [-0.25, -0.2) is 4.79 Å². The molecule has 1 saturated heterocycles. The van der Waals surface area contributed by atoms with Crippen molar-refractivity contribution in [3.8, 4) is 11.7 Å². The van der Waals surface area contributed by atoms with E-state index < -0.39 is 17.9 Å². The lowest BCUT2D eigenvalue weighted by atomic mass is 10.2. The normalized spacial score (nSPS) is 17.7. The molecule has 1 amide bonds. The van der Waals surface area contributed by atoms with Gasteiger partial charge in [0.15, 0.2) is 11.8 Å². The highest BCUT2D eigenvalue weighted by Crippen LogP contribution is 2.24. The Labute approximate surface area is 132 Å². The molecule has 1 atom stereocenters. The Morgan fingerprint density at radius 2 is 1.96 bits per heavy atom. The van der Waals surface area contributed by atoms with Crippen molar-refractivity contribution in [2.24, 2.45) is 0 Å². The standard InChI is InChI=1S/C16H15NO6/c18-15(17-8-9-21-10-12(17)16(19)20)13-6-7-14(23-13)22-11-4-2-1-3-5-11/h1-7,12H,8-10H2,(H,19,20). The number of rotatable bonds is 4. The quantitative estimate of drug-likeness (QED) is 0.927. The molecule has 0 radical (unpaired) electrons. The number of carbonyl (C=O) groups excluding carboxylic acids is 1. The first-order valence-electron chi connectivity index (χ1n) is 7.09. The van der Waals surface area contributed by atoms with E-state index in [9.17, 15) is 14.7 Å². The lowest BCUT2D eigenvalue weighted by Gasteiger charge is -2.32. The van der Waals surface area contributed by atoms with Gasteiger partial charge in [-0.1, -0.05) is 18.2 Å². The molecule has 0 spiro atoms.